The highest BCUT2D eigenvalue weighted by Gasteiger charge is 2.32. The van der Waals surface area contributed by atoms with E-state index in [9.17, 15) is 14.4 Å². The van der Waals surface area contributed by atoms with Crippen molar-refractivity contribution in [3.63, 3.8) is 0 Å². The van der Waals surface area contributed by atoms with Crippen LogP contribution in [0, 0.1) is 6.92 Å². The number of ketones is 1. The maximum absolute atomic E-state index is 12.4. The molecule has 0 fully saturated rings. The van der Waals surface area contributed by atoms with E-state index in [1.807, 2.05) is 20.8 Å². The first-order chi connectivity index (χ1) is 14.2. The summed E-state index contributed by atoms with van der Waals surface area (Å²) in [4.78, 5) is 36.2. The predicted molar refractivity (Wildman–Crippen MR) is 111 cm³/mol. The number of rotatable bonds is 4. The maximum atomic E-state index is 12.4. The van der Waals surface area contributed by atoms with Gasteiger partial charge < -0.3 is 19.2 Å². The second-order valence-electron chi connectivity index (χ2n) is 7.92. The Kier molecular flexibility index (Phi) is 4.81. The van der Waals surface area contributed by atoms with Gasteiger partial charge in [-0.2, -0.15) is 0 Å². The number of carbonyl (C=O) groups excluding carboxylic acids is 2. The number of ether oxygens (including phenoxy) is 2. The topological polar surface area (TPSA) is 94.8 Å². The number of aryl methyl sites for hydroxylation is 1. The Morgan fingerprint density at radius 2 is 1.93 bits per heavy atom. The SMILES string of the molecule is Cc1cc(=O)oc2cc(OCC(=O)Nc3ccc4c(c3)C(=O)CC(C)(C)O4)ccc12. The summed E-state index contributed by atoms with van der Waals surface area (Å²) in [5, 5.41) is 3.52. The summed E-state index contributed by atoms with van der Waals surface area (Å²) in [6, 6.07) is 11.4. The molecule has 1 N–H and O–H groups in total. The van der Waals surface area contributed by atoms with Crippen molar-refractivity contribution < 1.29 is 23.5 Å². The third-order valence-corrected chi connectivity index (χ3v) is 4.83. The number of hydrogen-bond acceptors (Lipinski definition) is 6. The maximum Gasteiger partial charge on any atom is 0.336 e. The fourth-order valence-electron chi connectivity index (χ4n) is 3.47. The number of anilines is 1. The molecule has 0 unspecified atom stereocenters. The van der Waals surface area contributed by atoms with Gasteiger partial charge in [-0.05, 0) is 56.7 Å². The molecule has 0 aliphatic carbocycles. The second-order valence-corrected chi connectivity index (χ2v) is 7.92. The Morgan fingerprint density at radius 1 is 1.13 bits per heavy atom. The van der Waals surface area contributed by atoms with Crippen LogP contribution in [0.15, 0.2) is 51.7 Å². The van der Waals surface area contributed by atoms with Crippen molar-refractivity contribution in [1.29, 1.82) is 0 Å². The fourth-order valence-corrected chi connectivity index (χ4v) is 3.47. The van der Waals surface area contributed by atoms with Crippen molar-refractivity contribution >= 4 is 28.3 Å². The Morgan fingerprint density at radius 3 is 2.73 bits per heavy atom. The standard InChI is InChI=1S/C23H21NO6/c1-13-8-22(27)29-20-10-15(5-6-16(13)20)28-12-21(26)24-14-4-7-19-17(9-14)18(25)11-23(2,3)30-19/h4-10H,11-12H2,1-3H3,(H,24,26). The van der Waals surface area contributed by atoms with E-state index in [1.165, 1.54) is 6.07 Å². The first kappa shape index (κ1) is 19.7. The minimum atomic E-state index is -0.541. The fraction of sp³-hybridized carbons (Fsp3) is 0.261. The molecular formula is C23H21NO6. The quantitative estimate of drug-likeness (QED) is 0.660. The summed E-state index contributed by atoms with van der Waals surface area (Å²) in [6.45, 7) is 5.30. The van der Waals surface area contributed by atoms with E-state index in [-0.39, 0.29) is 24.7 Å². The van der Waals surface area contributed by atoms with E-state index < -0.39 is 11.2 Å². The predicted octanol–water partition coefficient (Wildman–Crippen LogP) is 3.86. The van der Waals surface area contributed by atoms with Gasteiger partial charge in [-0.25, -0.2) is 4.79 Å². The van der Waals surface area contributed by atoms with Crippen LogP contribution < -0.4 is 20.4 Å². The largest absolute Gasteiger partial charge is 0.487 e. The third kappa shape index (κ3) is 4.05. The van der Waals surface area contributed by atoms with Gasteiger partial charge in [0, 0.05) is 23.2 Å². The zero-order valence-electron chi connectivity index (χ0n) is 16.9. The lowest BCUT2D eigenvalue weighted by molar-refractivity contribution is -0.118. The van der Waals surface area contributed by atoms with E-state index >= 15 is 0 Å². The van der Waals surface area contributed by atoms with Crippen LogP contribution in [-0.4, -0.2) is 23.9 Å². The average molecular weight is 407 g/mol. The van der Waals surface area contributed by atoms with Gasteiger partial charge in [0.15, 0.2) is 12.4 Å². The molecule has 1 amide bonds. The van der Waals surface area contributed by atoms with Crippen LogP contribution in [0.1, 0.15) is 36.2 Å². The number of nitrogens with one attached hydrogen (secondary N) is 1. The molecule has 0 spiro atoms. The molecule has 2 heterocycles. The van der Waals surface area contributed by atoms with Crippen molar-refractivity contribution in [3.8, 4) is 11.5 Å². The monoisotopic (exact) mass is 407 g/mol. The molecule has 1 aliphatic rings. The summed E-state index contributed by atoms with van der Waals surface area (Å²) < 4.78 is 16.5. The first-order valence-electron chi connectivity index (χ1n) is 9.54. The first-order valence-corrected chi connectivity index (χ1v) is 9.54. The minimum absolute atomic E-state index is 0.0263. The van der Waals surface area contributed by atoms with Crippen molar-refractivity contribution in [2.45, 2.75) is 32.8 Å². The van der Waals surface area contributed by atoms with Gasteiger partial charge in [0.25, 0.3) is 5.91 Å². The highest BCUT2D eigenvalue weighted by Crippen LogP contribution is 2.34. The van der Waals surface area contributed by atoms with Crippen LogP contribution in [0.4, 0.5) is 5.69 Å². The normalized spacial score (nSPS) is 14.7. The van der Waals surface area contributed by atoms with Gasteiger partial charge >= 0.3 is 5.63 Å². The zero-order valence-corrected chi connectivity index (χ0v) is 16.9. The minimum Gasteiger partial charge on any atom is -0.487 e. The second kappa shape index (κ2) is 7.33. The smallest absolute Gasteiger partial charge is 0.336 e. The molecule has 1 aromatic heterocycles. The lowest BCUT2D eigenvalue weighted by Crippen LogP contribution is -2.35. The average Bonchev–Trinajstić information content (AvgIpc) is 2.65. The Labute approximate surface area is 172 Å². The van der Waals surface area contributed by atoms with Gasteiger partial charge in [0.05, 0.1) is 12.0 Å². The van der Waals surface area contributed by atoms with Crippen LogP contribution in [0.3, 0.4) is 0 Å². The summed E-state index contributed by atoms with van der Waals surface area (Å²) in [5.41, 5.74) is 1.16. The Bertz CT molecular complexity index is 1220. The number of amides is 1. The van der Waals surface area contributed by atoms with Gasteiger partial charge in [0.1, 0.15) is 22.7 Å². The summed E-state index contributed by atoms with van der Waals surface area (Å²) in [7, 11) is 0. The number of carbonyl (C=O) groups is 2. The highest BCUT2D eigenvalue weighted by molar-refractivity contribution is 6.02. The van der Waals surface area contributed by atoms with Gasteiger partial charge in [-0.1, -0.05) is 0 Å². The van der Waals surface area contributed by atoms with E-state index in [4.69, 9.17) is 13.9 Å². The van der Waals surface area contributed by atoms with Crippen molar-refractivity contribution in [1.82, 2.24) is 0 Å². The van der Waals surface area contributed by atoms with Crippen LogP contribution in [0.2, 0.25) is 0 Å². The van der Waals surface area contributed by atoms with Crippen molar-refractivity contribution in [2.75, 3.05) is 11.9 Å². The summed E-state index contributed by atoms with van der Waals surface area (Å²) in [5.74, 6) is 0.507. The molecule has 7 heteroatoms. The lowest BCUT2D eigenvalue weighted by Gasteiger charge is -2.31. The zero-order chi connectivity index (χ0) is 21.5. The van der Waals surface area contributed by atoms with E-state index in [2.05, 4.69) is 5.32 Å². The lowest BCUT2D eigenvalue weighted by atomic mass is 9.93. The molecule has 0 saturated heterocycles. The molecule has 2 aromatic carbocycles. The van der Waals surface area contributed by atoms with E-state index in [0.717, 1.165) is 10.9 Å². The van der Waals surface area contributed by atoms with Crippen LogP contribution in [0.5, 0.6) is 11.5 Å². The molecule has 0 atom stereocenters. The van der Waals surface area contributed by atoms with Crippen molar-refractivity contribution in [2.24, 2.45) is 0 Å². The molecular weight excluding hydrogens is 386 g/mol. The van der Waals surface area contributed by atoms with Crippen molar-refractivity contribution in [3.05, 3.63) is 64.0 Å². The molecule has 4 rings (SSSR count). The molecule has 1 aliphatic heterocycles. The molecule has 7 nitrogen and oxygen atoms in total. The number of Topliss-reactive ketones (excluding diaryl/α,β-unsaturated/α-hetero) is 1. The van der Waals surface area contributed by atoms with Crippen LogP contribution in [0.25, 0.3) is 11.0 Å². The molecule has 0 radical (unpaired) electrons. The third-order valence-electron chi connectivity index (χ3n) is 4.83. The molecule has 154 valence electrons. The molecule has 0 bridgehead atoms. The molecule has 3 aromatic rings. The Hall–Kier alpha value is -3.61. The van der Waals surface area contributed by atoms with E-state index in [1.54, 1.807) is 36.4 Å². The number of hydrogen-bond donors (Lipinski definition) is 1. The van der Waals surface area contributed by atoms with Crippen LogP contribution >= 0.6 is 0 Å². The summed E-state index contributed by atoms with van der Waals surface area (Å²) >= 11 is 0. The molecule has 30 heavy (non-hydrogen) atoms. The van der Waals surface area contributed by atoms with Gasteiger partial charge in [-0.15, -0.1) is 0 Å². The highest BCUT2D eigenvalue weighted by atomic mass is 16.5. The Balaban J connectivity index is 1.43. The van der Waals surface area contributed by atoms with Gasteiger partial charge in [0.2, 0.25) is 0 Å². The number of benzene rings is 2. The number of fused-ring (bicyclic) bond motifs is 2. The van der Waals surface area contributed by atoms with Gasteiger partial charge in [-0.3, -0.25) is 9.59 Å². The van der Waals surface area contributed by atoms with Crippen LogP contribution in [-0.2, 0) is 4.79 Å². The molecule has 0 saturated carbocycles. The van der Waals surface area contributed by atoms with E-state index in [0.29, 0.717) is 28.3 Å². The summed E-state index contributed by atoms with van der Waals surface area (Å²) in [6.07, 6.45) is 0.276.